The van der Waals surface area contributed by atoms with Crippen molar-refractivity contribution in [2.75, 3.05) is 19.6 Å². The van der Waals surface area contributed by atoms with E-state index in [2.05, 4.69) is 40.2 Å². The molecule has 1 amide bonds. The molecule has 1 spiro atoms. The van der Waals surface area contributed by atoms with Crippen molar-refractivity contribution in [1.82, 2.24) is 14.8 Å². The van der Waals surface area contributed by atoms with Gasteiger partial charge in [-0.05, 0) is 50.3 Å². The van der Waals surface area contributed by atoms with Gasteiger partial charge < -0.3 is 4.90 Å². The van der Waals surface area contributed by atoms with E-state index in [0.717, 1.165) is 31.6 Å². The monoisotopic (exact) mass is 403 g/mol. The molecule has 158 valence electrons. The summed E-state index contributed by atoms with van der Waals surface area (Å²) in [6, 6.07) is 16.2. The largest absolute Gasteiger partial charge is 0.338 e. The predicted molar refractivity (Wildman–Crippen MR) is 119 cm³/mol. The Morgan fingerprint density at radius 3 is 2.40 bits per heavy atom. The summed E-state index contributed by atoms with van der Waals surface area (Å²) in [5, 5.41) is 0. The van der Waals surface area contributed by atoms with Crippen molar-refractivity contribution in [3.63, 3.8) is 0 Å². The normalized spacial score (nSPS) is 24.6. The van der Waals surface area contributed by atoms with Crippen molar-refractivity contribution in [2.45, 2.75) is 64.0 Å². The van der Waals surface area contributed by atoms with Crippen molar-refractivity contribution in [3.8, 4) is 0 Å². The van der Waals surface area contributed by atoms with Gasteiger partial charge in [-0.1, -0.05) is 49.6 Å². The summed E-state index contributed by atoms with van der Waals surface area (Å²) in [4.78, 5) is 22.0. The zero-order chi connectivity index (χ0) is 20.6. The lowest BCUT2D eigenvalue weighted by Crippen LogP contribution is -2.63. The third kappa shape index (κ3) is 3.56. The molecule has 4 heteroatoms. The van der Waals surface area contributed by atoms with Gasteiger partial charge in [0.1, 0.15) is 0 Å². The first kappa shape index (κ1) is 19.7. The smallest absolute Gasteiger partial charge is 0.255 e. The van der Waals surface area contributed by atoms with Crippen LogP contribution in [0.5, 0.6) is 0 Å². The highest BCUT2D eigenvalue weighted by Crippen LogP contribution is 2.58. The summed E-state index contributed by atoms with van der Waals surface area (Å²) < 4.78 is 0. The molecule has 3 aliphatic rings. The number of nitrogens with zero attached hydrogens (tertiary/aromatic N) is 3. The molecule has 1 unspecified atom stereocenters. The Hall–Kier alpha value is -2.20. The minimum absolute atomic E-state index is 0.132. The highest BCUT2D eigenvalue weighted by molar-refractivity contribution is 5.94. The fourth-order valence-electron chi connectivity index (χ4n) is 6.17. The van der Waals surface area contributed by atoms with E-state index < -0.39 is 0 Å². The molecule has 0 N–H and O–H groups in total. The number of aromatic nitrogens is 1. The average Bonchev–Trinajstić information content (AvgIpc) is 2.79. The summed E-state index contributed by atoms with van der Waals surface area (Å²) in [6.45, 7) is 4.90. The molecular formula is C26H33N3O. The lowest BCUT2D eigenvalue weighted by atomic mass is 9.60. The lowest BCUT2D eigenvalue weighted by Gasteiger charge is -2.63. The van der Waals surface area contributed by atoms with Crippen LogP contribution in [-0.4, -0.2) is 46.4 Å². The van der Waals surface area contributed by atoms with Crippen molar-refractivity contribution in [2.24, 2.45) is 5.41 Å². The first-order chi connectivity index (χ1) is 14.7. The van der Waals surface area contributed by atoms with Crippen LogP contribution in [-0.2, 0) is 0 Å². The van der Waals surface area contributed by atoms with E-state index in [4.69, 9.17) is 0 Å². The molecule has 30 heavy (non-hydrogen) atoms. The molecule has 0 bridgehead atoms. The van der Waals surface area contributed by atoms with Gasteiger partial charge in [0, 0.05) is 49.0 Å². The second kappa shape index (κ2) is 8.14. The Morgan fingerprint density at radius 1 is 1.00 bits per heavy atom. The van der Waals surface area contributed by atoms with E-state index in [-0.39, 0.29) is 5.91 Å². The SMILES string of the molecule is Cc1ccc(C(=O)N2CCC(N3CC4(CCCCC4)C3c3ccccc3)CC2)cn1. The predicted octanol–water partition coefficient (Wildman–Crippen LogP) is 5.00. The van der Waals surface area contributed by atoms with Crippen LogP contribution in [0.15, 0.2) is 48.7 Å². The molecule has 1 aromatic carbocycles. The van der Waals surface area contributed by atoms with E-state index >= 15 is 0 Å². The van der Waals surface area contributed by atoms with Crippen LogP contribution in [0.4, 0.5) is 0 Å². The third-order valence-electron chi connectivity index (χ3n) is 7.75. The fourth-order valence-corrected chi connectivity index (χ4v) is 6.17. The maximum atomic E-state index is 12.9. The zero-order valence-electron chi connectivity index (χ0n) is 18.1. The van der Waals surface area contributed by atoms with Crippen LogP contribution >= 0.6 is 0 Å². The number of hydrogen-bond donors (Lipinski definition) is 0. The first-order valence-corrected chi connectivity index (χ1v) is 11.7. The van der Waals surface area contributed by atoms with Gasteiger partial charge in [0.2, 0.25) is 0 Å². The minimum atomic E-state index is 0.132. The number of amides is 1. The van der Waals surface area contributed by atoms with E-state index in [1.165, 1.54) is 44.2 Å². The van der Waals surface area contributed by atoms with E-state index in [1.807, 2.05) is 24.0 Å². The lowest BCUT2D eigenvalue weighted by molar-refractivity contribution is -0.132. The van der Waals surface area contributed by atoms with Gasteiger partial charge in [-0.15, -0.1) is 0 Å². The van der Waals surface area contributed by atoms with Crippen LogP contribution in [0, 0.1) is 12.3 Å². The minimum Gasteiger partial charge on any atom is -0.338 e. The van der Waals surface area contributed by atoms with Crippen molar-refractivity contribution >= 4 is 5.91 Å². The van der Waals surface area contributed by atoms with E-state index in [9.17, 15) is 4.79 Å². The number of likely N-dealkylation sites (tertiary alicyclic amines) is 2. The molecule has 1 saturated carbocycles. The topological polar surface area (TPSA) is 36.4 Å². The van der Waals surface area contributed by atoms with E-state index in [1.54, 1.807) is 6.20 Å². The Bertz CT molecular complexity index is 865. The molecule has 2 aromatic rings. The van der Waals surface area contributed by atoms with Crippen molar-refractivity contribution in [3.05, 3.63) is 65.5 Å². The number of carbonyl (C=O) groups excluding carboxylic acids is 1. The number of pyridine rings is 1. The molecule has 3 heterocycles. The molecule has 1 atom stereocenters. The Labute approximate surface area is 180 Å². The van der Waals surface area contributed by atoms with Gasteiger partial charge in [0.05, 0.1) is 5.56 Å². The molecule has 1 aromatic heterocycles. The van der Waals surface area contributed by atoms with Crippen molar-refractivity contribution < 1.29 is 4.79 Å². The number of rotatable bonds is 3. The zero-order valence-corrected chi connectivity index (χ0v) is 18.1. The number of hydrogen-bond acceptors (Lipinski definition) is 3. The summed E-state index contributed by atoms with van der Waals surface area (Å²) >= 11 is 0. The molecule has 2 aliphatic heterocycles. The van der Waals surface area contributed by atoms with Gasteiger partial charge in [-0.2, -0.15) is 0 Å². The van der Waals surface area contributed by atoms with Crippen LogP contribution in [0.3, 0.4) is 0 Å². The van der Waals surface area contributed by atoms with Crippen LogP contribution in [0.2, 0.25) is 0 Å². The first-order valence-electron chi connectivity index (χ1n) is 11.7. The van der Waals surface area contributed by atoms with Gasteiger partial charge in [-0.3, -0.25) is 14.7 Å². The van der Waals surface area contributed by atoms with Gasteiger partial charge >= 0.3 is 0 Å². The second-order valence-electron chi connectivity index (χ2n) is 9.62. The van der Waals surface area contributed by atoms with Crippen LogP contribution < -0.4 is 0 Å². The maximum absolute atomic E-state index is 12.9. The fraction of sp³-hybridized carbons (Fsp3) is 0.538. The quantitative estimate of drug-likeness (QED) is 0.723. The highest BCUT2D eigenvalue weighted by atomic mass is 16.2. The van der Waals surface area contributed by atoms with Gasteiger partial charge in [0.25, 0.3) is 5.91 Å². The number of carbonyl (C=O) groups is 1. The summed E-state index contributed by atoms with van der Waals surface area (Å²) in [5.74, 6) is 0.132. The Morgan fingerprint density at radius 2 is 1.73 bits per heavy atom. The highest BCUT2D eigenvalue weighted by Gasteiger charge is 2.54. The van der Waals surface area contributed by atoms with Gasteiger partial charge in [-0.25, -0.2) is 0 Å². The van der Waals surface area contributed by atoms with Crippen LogP contribution in [0.1, 0.15) is 72.6 Å². The summed E-state index contributed by atoms with van der Waals surface area (Å²) in [6.07, 6.45) is 10.8. The number of benzene rings is 1. The average molecular weight is 404 g/mol. The summed E-state index contributed by atoms with van der Waals surface area (Å²) in [7, 11) is 0. The standard InChI is InChI=1S/C26H33N3O/c1-20-10-11-22(18-27-20)25(30)28-16-12-23(13-17-28)29-19-26(14-6-3-7-15-26)24(29)21-8-4-2-5-9-21/h2,4-5,8-11,18,23-24H,3,6-7,12-17,19H2,1H3. The maximum Gasteiger partial charge on any atom is 0.255 e. The van der Waals surface area contributed by atoms with Crippen LogP contribution in [0.25, 0.3) is 0 Å². The number of piperidine rings is 1. The third-order valence-corrected chi connectivity index (χ3v) is 7.75. The molecule has 1 aliphatic carbocycles. The molecule has 3 fully saturated rings. The molecular weight excluding hydrogens is 370 g/mol. The molecule has 2 saturated heterocycles. The summed E-state index contributed by atoms with van der Waals surface area (Å²) in [5.41, 5.74) is 3.65. The molecule has 4 nitrogen and oxygen atoms in total. The van der Waals surface area contributed by atoms with Crippen molar-refractivity contribution in [1.29, 1.82) is 0 Å². The Balaban J connectivity index is 1.27. The molecule has 0 radical (unpaired) electrons. The molecule has 5 rings (SSSR count). The van der Waals surface area contributed by atoms with E-state index in [0.29, 0.717) is 23.1 Å². The Kier molecular flexibility index (Phi) is 5.36. The number of aryl methyl sites for hydroxylation is 1. The van der Waals surface area contributed by atoms with Gasteiger partial charge in [0.15, 0.2) is 0 Å². The second-order valence-corrected chi connectivity index (χ2v) is 9.62.